The van der Waals surface area contributed by atoms with Gasteiger partial charge in [-0.3, -0.25) is 0 Å². The Kier molecular flexibility index (Phi) is 5.52. The lowest BCUT2D eigenvalue weighted by Crippen LogP contribution is -2.41. The summed E-state index contributed by atoms with van der Waals surface area (Å²) in [5.74, 6) is -0.344. The molecule has 1 fully saturated rings. The molecular formula is C16H24FNO2. The van der Waals surface area contributed by atoms with Gasteiger partial charge in [-0.15, -0.1) is 0 Å². The van der Waals surface area contributed by atoms with Gasteiger partial charge in [-0.05, 0) is 30.5 Å². The number of nitrogens with one attached hydrogen (secondary N) is 1. The number of aliphatic hydroxyl groups excluding tert-OH is 1. The van der Waals surface area contributed by atoms with Crippen molar-refractivity contribution < 1.29 is 14.6 Å². The van der Waals surface area contributed by atoms with E-state index >= 15 is 0 Å². The van der Waals surface area contributed by atoms with E-state index in [0.717, 1.165) is 25.7 Å². The molecule has 1 aliphatic rings. The highest BCUT2D eigenvalue weighted by atomic mass is 19.1. The summed E-state index contributed by atoms with van der Waals surface area (Å²) in [6, 6.07) is 5.99. The van der Waals surface area contributed by atoms with Crippen LogP contribution >= 0.6 is 0 Å². The van der Waals surface area contributed by atoms with E-state index in [0.29, 0.717) is 18.7 Å². The molecule has 0 heterocycles. The largest absolute Gasteiger partial charge is 0.389 e. The van der Waals surface area contributed by atoms with E-state index in [1.807, 2.05) is 0 Å². The van der Waals surface area contributed by atoms with E-state index < -0.39 is 11.7 Å². The molecule has 1 atom stereocenters. The predicted molar refractivity (Wildman–Crippen MR) is 76.9 cm³/mol. The molecule has 0 saturated heterocycles. The molecule has 1 aromatic rings. The summed E-state index contributed by atoms with van der Waals surface area (Å²) in [7, 11) is 0. The van der Waals surface area contributed by atoms with Crippen LogP contribution in [0.25, 0.3) is 0 Å². The quantitative estimate of drug-likeness (QED) is 0.727. The van der Waals surface area contributed by atoms with E-state index in [2.05, 4.69) is 5.32 Å². The summed E-state index contributed by atoms with van der Waals surface area (Å²) >= 11 is 0. The highest BCUT2D eigenvalue weighted by molar-refractivity contribution is 5.18. The van der Waals surface area contributed by atoms with Crippen molar-refractivity contribution in [2.45, 2.75) is 50.2 Å². The van der Waals surface area contributed by atoms with E-state index in [9.17, 15) is 14.6 Å². The number of halogens is 1. The first-order valence-corrected chi connectivity index (χ1v) is 7.46. The molecule has 0 bridgehead atoms. The van der Waals surface area contributed by atoms with Crippen LogP contribution in [0.15, 0.2) is 24.3 Å². The van der Waals surface area contributed by atoms with Crippen molar-refractivity contribution in [1.29, 1.82) is 0 Å². The third-order valence-corrected chi connectivity index (χ3v) is 4.06. The maximum atomic E-state index is 13.1. The van der Waals surface area contributed by atoms with Gasteiger partial charge in [-0.25, -0.2) is 4.39 Å². The summed E-state index contributed by atoms with van der Waals surface area (Å²) in [5, 5.41) is 23.6. The van der Waals surface area contributed by atoms with Crippen molar-refractivity contribution in [2.75, 3.05) is 13.1 Å². The van der Waals surface area contributed by atoms with Crippen molar-refractivity contribution in [1.82, 2.24) is 5.32 Å². The minimum Gasteiger partial charge on any atom is -0.389 e. The second-order valence-electron chi connectivity index (χ2n) is 5.84. The summed E-state index contributed by atoms with van der Waals surface area (Å²) in [5.41, 5.74) is -0.0941. The van der Waals surface area contributed by atoms with Crippen LogP contribution in [0.2, 0.25) is 0 Å². The van der Waals surface area contributed by atoms with Crippen molar-refractivity contribution >= 4 is 0 Å². The van der Waals surface area contributed by atoms with Crippen LogP contribution in [0, 0.1) is 5.82 Å². The van der Waals surface area contributed by atoms with Gasteiger partial charge >= 0.3 is 0 Å². The molecule has 1 saturated carbocycles. The molecule has 2 rings (SSSR count). The van der Waals surface area contributed by atoms with Gasteiger partial charge in [-0.1, -0.05) is 37.8 Å². The van der Waals surface area contributed by atoms with Crippen molar-refractivity contribution in [3.05, 3.63) is 35.6 Å². The standard InChI is InChI=1S/C16H24FNO2/c17-14-7-5-6-13(10-14)15(19)11-18-12-16(20)8-3-1-2-4-9-16/h5-7,10,15,18-20H,1-4,8-9,11-12H2. The first-order chi connectivity index (χ1) is 9.59. The highest BCUT2D eigenvalue weighted by Crippen LogP contribution is 2.26. The van der Waals surface area contributed by atoms with Gasteiger partial charge in [0.2, 0.25) is 0 Å². The first-order valence-electron chi connectivity index (χ1n) is 7.46. The molecule has 1 unspecified atom stereocenters. The summed E-state index contributed by atoms with van der Waals surface area (Å²) in [6.07, 6.45) is 5.38. The summed E-state index contributed by atoms with van der Waals surface area (Å²) in [4.78, 5) is 0. The fraction of sp³-hybridized carbons (Fsp3) is 0.625. The normalized spacial score (nSPS) is 20.4. The molecule has 0 spiro atoms. The minimum absolute atomic E-state index is 0.325. The second-order valence-corrected chi connectivity index (χ2v) is 5.84. The van der Waals surface area contributed by atoms with Gasteiger partial charge in [0.1, 0.15) is 5.82 Å². The Labute approximate surface area is 119 Å². The van der Waals surface area contributed by atoms with Gasteiger partial charge < -0.3 is 15.5 Å². The molecular weight excluding hydrogens is 257 g/mol. The zero-order valence-corrected chi connectivity index (χ0v) is 11.8. The summed E-state index contributed by atoms with van der Waals surface area (Å²) < 4.78 is 13.1. The maximum absolute atomic E-state index is 13.1. The monoisotopic (exact) mass is 281 g/mol. The lowest BCUT2D eigenvalue weighted by Gasteiger charge is -2.27. The fourth-order valence-electron chi connectivity index (χ4n) is 2.84. The fourth-order valence-corrected chi connectivity index (χ4v) is 2.84. The van der Waals surface area contributed by atoms with Gasteiger partial charge in [-0.2, -0.15) is 0 Å². The zero-order chi connectivity index (χ0) is 14.4. The van der Waals surface area contributed by atoms with Crippen molar-refractivity contribution in [3.63, 3.8) is 0 Å². The molecule has 3 N–H and O–H groups in total. The Morgan fingerprint density at radius 3 is 2.55 bits per heavy atom. The first kappa shape index (κ1) is 15.4. The van der Waals surface area contributed by atoms with Gasteiger partial charge in [0.25, 0.3) is 0 Å². The van der Waals surface area contributed by atoms with Gasteiger partial charge in [0.15, 0.2) is 0 Å². The average molecular weight is 281 g/mol. The Morgan fingerprint density at radius 1 is 1.20 bits per heavy atom. The lowest BCUT2D eigenvalue weighted by atomic mass is 9.94. The number of hydrogen-bond donors (Lipinski definition) is 3. The zero-order valence-electron chi connectivity index (χ0n) is 11.8. The van der Waals surface area contributed by atoms with Crippen LogP contribution in [0.1, 0.15) is 50.2 Å². The van der Waals surface area contributed by atoms with E-state index in [1.165, 1.54) is 25.0 Å². The Hall–Kier alpha value is -0.970. The number of rotatable bonds is 5. The summed E-state index contributed by atoms with van der Waals surface area (Å²) in [6.45, 7) is 0.811. The molecule has 0 radical (unpaired) electrons. The SMILES string of the molecule is OC(CNCC1(O)CCCCCC1)c1cccc(F)c1. The van der Waals surface area contributed by atoms with Crippen molar-refractivity contribution in [3.8, 4) is 0 Å². The molecule has 112 valence electrons. The van der Waals surface area contributed by atoms with Crippen LogP contribution in [0.3, 0.4) is 0 Å². The van der Waals surface area contributed by atoms with Crippen molar-refractivity contribution in [2.24, 2.45) is 0 Å². The topological polar surface area (TPSA) is 52.5 Å². The third-order valence-electron chi connectivity index (χ3n) is 4.06. The molecule has 0 amide bonds. The molecule has 3 nitrogen and oxygen atoms in total. The Bertz CT molecular complexity index is 417. The van der Waals surface area contributed by atoms with Gasteiger partial charge in [0.05, 0.1) is 11.7 Å². The highest BCUT2D eigenvalue weighted by Gasteiger charge is 2.27. The molecule has 4 heteroatoms. The second kappa shape index (κ2) is 7.16. The Balaban J connectivity index is 1.80. The van der Waals surface area contributed by atoms with E-state index in [1.54, 1.807) is 12.1 Å². The van der Waals surface area contributed by atoms with E-state index in [4.69, 9.17) is 0 Å². The van der Waals surface area contributed by atoms with Gasteiger partial charge in [0, 0.05) is 13.1 Å². The number of aliphatic hydroxyl groups is 2. The molecule has 20 heavy (non-hydrogen) atoms. The van der Waals surface area contributed by atoms with Crippen LogP contribution in [-0.4, -0.2) is 28.9 Å². The van der Waals surface area contributed by atoms with Crippen LogP contribution < -0.4 is 5.32 Å². The molecule has 0 aliphatic heterocycles. The third kappa shape index (κ3) is 4.54. The molecule has 1 aliphatic carbocycles. The minimum atomic E-state index is -0.750. The van der Waals surface area contributed by atoms with Crippen LogP contribution in [0.4, 0.5) is 4.39 Å². The average Bonchev–Trinajstić information content (AvgIpc) is 2.64. The lowest BCUT2D eigenvalue weighted by molar-refractivity contribution is 0.0223. The molecule has 1 aromatic carbocycles. The van der Waals surface area contributed by atoms with E-state index in [-0.39, 0.29) is 5.82 Å². The number of hydrogen-bond acceptors (Lipinski definition) is 3. The molecule has 0 aromatic heterocycles. The smallest absolute Gasteiger partial charge is 0.123 e. The number of benzene rings is 1. The maximum Gasteiger partial charge on any atom is 0.123 e. The van der Waals surface area contributed by atoms with Crippen LogP contribution in [0.5, 0.6) is 0 Å². The predicted octanol–water partition coefficient (Wildman–Crippen LogP) is 2.53. The Morgan fingerprint density at radius 2 is 1.90 bits per heavy atom. The van der Waals surface area contributed by atoms with Crippen LogP contribution in [-0.2, 0) is 0 Å².